The van der Waals surface area contributed by atoms with E-state index in [9.17, 15) is 33.6 Å². The third kappa shape index (κ3) is 14.6. The van der Waals surface area contributed by atoms with Crippen LogP contribution in [-0.2, 0) is 44.8 Å². The van der Waals surface area contributed by atoms with Crippen LogP contribution in [0.1, 0.15) is 94.6 Å². The van der Waals surface area contributed by atoms with Gasteiger partial charge in [0.05, 0.1) is 25.2 Å². The Balaban J connectivity index is 1.95. The van der Waals surface area contributed by atoms with Crippen molar-refractivity contribution in [1.82, 2.24) is 20.9 Å². The molecule has 0 aliphatic carbocycles. The van der Waals surface area contributed by atoms with Crippen molar-refractivity contribution in [3.8, 4) is 0 Å². The summed E-state index contributed by atoms with van der Waals surface area (Å²) < 4.78 is 16.1. The number of rotatable bonds is 18. The minimum atomic E-state index is -1.08. The van der Waals surface area contributed by atoms with Crippen LogP contribution in [-0.4, -0.2) is 91.6 Å². The highest BCUT2D eigenvalue weighted by atomic mass is 16.6. The lowest BCUT2D eigenvalue weighted by Crippen LogP contribution is -2.54. The number of nitrogens with one attached hydrogen (secondary N) is 4. The topological polar surface area (TPSA) is 225 Å². The Morgan fingerprint density at radius 1 is 0.768 bits per heavy atom. The van der Waals surface area contributed by atoms with Crippen LogP contribution in [0.15, 0.2) is 35.4 Å². The van der Waals surface area contributed by atoms with Gasteiger partial charge in [-0.1, -0.05) is 67.5 Å². The molecule has 0 radical (unpaired) electrons. The molecule has 1 aromatic rings. The number of imide groups is 1. The number of esters is 1. The van der Waals surface area contributed by atoms with Gasteiger partial charge in [0.25, 0.3) is 11.8 Å². The summed E-state index contributed by atoms with van der Waals surface area (Å²) in [6, 6.07) is 3.81. The Hall–Kier alpha value is -4.99. The number of anilines is 1. The van der Waals surface area contributed by atoms with Crippen LogP contribution in [0.25, 0.3) is 0 Å². The predicted octanol–water partition coefficient (Wildman–Crippen LogP) is 4.17. The van der Waals surface area contributed by atoms with Crippen molar-refractivity contribution in [2.75, 3.05) is 38.2 Å². The summed E-state index contributed by atoms with van der Waals surface area (Å²) in [5, 5.41) is 10.5. The number of amides is 7. The molecular formula is C40H62N6O10. The Morgan fingerprint density at radius 3 is 1.84 bits per heavy atom. The number of hydrogen-bond donors (Lipinski definition) is 5. The lowest BCUT2D eigenvalue weighted by Gasteiger charge is -2.25. The molecule has 1 aliphatic heterocycles. The Bertz CT molecular complexity index is 1580. The summed E-state index contributed by atoms with van der Waals surface area (Å²) in [4.78, 5) is 90.4. The highest BCUT2D eigenvalue weighted by Crippen LogP contribution is 2.42. The van der Waals surface area contributed by atoms with Crippen LogP contribution >= 0.6 is 0 Å². The zero-order chi connectivity index (χ0) is 42.6. The Morgan fingerprint density at radius 2 is 1.34 bits per heavy atom. The van der Waals surface area contributed by atoms with Crippen LogP contribution in [0, 0.1) is 22.2 Å². The summed E-state index contributed by atoms with van der Waals surface area (Å²) in [6.45, 7) is 20.2. The molecule has 0 bridgehead atoms. The number of ether oxygens (including phenoxy) is 3. The molecule has 2 rings (SSSR count). The largest absolute Gasteiger partial charge is 0.460 e. The normalized spacial score (nSPS) is 14.7. The number of carbonyl (C=O) groups is 7. The molecular weight excluding hydrogens is 724 g/mol. The second-order valence-electron chi connectivity index (χ2n) is 17.1. The molecule has 2 atom stereocenters. The maximum Gasteiger partial charge on any atom is 0.407 e. The number of nitrogens with zero attached hydrogens (tertiary/aromatic N) is 1. The van der Waals surface area contributed by atoms with Crippen LogP contribution < -0.4 is 27.0 Å². The minimum absolute atomic E-state index is 0.0293. The number of benzene rings is 1. The third-order valence-electron chi connectivity index (χ3n) is 8.62. The number of nitrogens with two attached hydrogens (primary N) is 1. The number of alkyl carbamates (subject to hydrolysis) is 1. The average Bonchev–Trinajstić information content (AvgIpc) is 3.34. The van der Waals surface area contributed by atoms with E-state index in [-0.39, 0.29) is 63.7 Å². The average molecular weight is 787 g/mol. The van der Waals surface area contributed by atoms with Crippen LogP contribution in [0.3, 0.4) is 0 Å². The molecule has 16 heteroatoms. The standard InChI is InChI=1S/C40H62N6O10/c1-24(2)30(45-37(53)55-22-21-54-20-19-46-33(49)28(38(3,4)5)29(34(46)50)39(6,7)8)32(48)44-27(13-12-18-42-36(41)52)31(47)43-26-16-14-25(15-17-26)23-56-35(51)40(9,10)11/h14-17,24,27,30H,12-13,18-23H2,1-11H3,(H,43,47)(H,44,48)(H,45,53)(H3,41,42,52)/t27-,30-/m0/s1. The van der Waals surface area contributed by atoms with Crippen LogP contribution in [0.2, 0.25) is 0 Å². The van der Waals surface area contributed by atoms with Gasteiger partial charge in [0.2, 0.25) is 11.8 Å². The molecule has 6 N–H and O–H groups in total. The van der Waals surface area contributed by atoms with Crippen molar-refractivity contribution < 1.29 is 47.8 Å². The number of hydrogen-bond acceptors (Lipinski definition) is 10. The quantitative estimate of drug-likeness (QED) is 0.0811. The molecule has 0 saturated carbocycles. The van der Waals surface area contributed by atoms with E-state index in [2.05, 4.69) is 21.3 Å². The molecule has 0 unspecified atom stereocenters. The fourth-order valence-electron chi connectivity index (χ4n) is 5.65. The van der Waals surface area contributed by atoms with Crippen molar-refractivity contribution in [2.45, 2.75) is 108 Å². The first-order chi connectivity index (χ1) is 25.8. The summed E-state index contributed by atoms with van der Waals surface area (Å²) >= 11 is 0. The zero-order valence-electron chi connectivity index (χ0n) is 34.8. The first-order valence-electron chi connectivity index (χ1n) is 18.9. The van der Waals surface area contributed by atoms with Crippen molar-refractivity contribution >= 4 is 47.4 Å². The monoisotopic (exact) mass is 786 g/mol. The fourth-order valence-corrected chi connectivity index (χ4v) is 5.65. The lowest BCUT2D eigenvalue weighted by molar-refractivity contribution is -0.154. The predicted molar refractivity (Wildman–Crippen MR) is 210 cm³/mol. The summed E-state index contributed by atoms with van der Waals surface area (Å²) in [6.07, 6.45) is -0.459. The van der Waals surface area contributed by atoms with Crippen molar-refractivity contribution in [3.63, 3.8) is 0 Å². The molecule has 0 aromatic heterocycles. The van der Waals surface area contributed by atoms with Gasteiger partial charge in [-0.05, 0) is 68.1 Å². The highest BCUT2D eigenvalue weighted by Gasteiger charge is 2.46. The molecule has 0 saturated heterocycles. The van der Waals surface area contributed by atoms with E-state index in [0.29, 0.717) is 28.8 Å². The van der Waals surface area contributed by atoms with E-state index in [1.54, 1.807) is 58.9 Å². The van der Waals surface area contributed by atoms with Gasteiger partial charge >= 0.3 is 18.1 Å². The summed E-state index contributed by atoms with van der Waals surface area (Å²) in [5.41, 5.74) is 5.60. The SMILES string of the molecule is CC(C)[C@H](NC(=O)OCCOCCN1C(=O)C(C(C)(C)C)=C(C(C)(C)C)C1=O)C(=O)N[C@@H](CCCNC(N)=O)C(=O)Nc1ccc(COC(=O)C(C)(C)C)cc1. The molecule has 16 nitrogen and oxygen atoms in total. The Labute approximate surface area is 330 Å². The van der Waals surface area contributed by atoms with Gasteiger partial charge in [-0.2, -0.15) is 0 Å². The lowest BCUT2D eigenvalue weighted by atomic mass is 9.76. The third-order valence-corrected chi connectivity index (χ3v) is 8.62. The molecule has 56 heavy (non-hydrogen) atoms. The number of primary amides is 1. The molecule has 1 heterocycles. The minimum Gasteiger partial charge on any atom is -0.460 e. The van der Waals surface area contributed by atoms with Gasteiger partial charge in [0.1, 0.15) is 25.3 Å². The smallest absolute Gasteiger partial charge is 0.407 e. The summed E-state index contributed by atoms with van der Waals surface area (Å²) in [7, 11) is 0. The van der Waals surface area contributed by atoms with E-state index < -0.39 is 58.2 Å². The Kier molecular flexibility index (Phi) is 17.1. The molecule has 0 spiro atoms. The maximum atomic E-state index is 13.5. The van der Waals surface area contributed by atoms with E-state index in [1.165, 1.54) is 4.90 Å². The van der Waals surface area contributed by atoms with Gasteiger partial charge in [-0.25, -0.2) is 9.59 Å². The fraction of sp³-hybridized carbons (Fsp3) is 0.625. The van der Waals surface area contributed by atoms with Crippen molar-refractivity contribution in [3.05, 3.63) is 41.0 Å². The first-order valence-corrected chi connectivity index (χ1v) is 18.9. The first kappa shape index (κ1) is 47.2. The molecule has 7 amide bonds. The second-order valence-corrected chi connectivity index (χ2v) is 17.1. The second kappa shape index (κ2) is 20.3. The molecule has 1 aliphatic rings. The number of urea groups is 1. The van der Waals surface area contributed by atoms with Gasteiger partial charge < -0.3 is 41.2 Å². The molecule has 0 fully saturated rings. The van der Waals surface area contributed by atoms with Crippen LogP contribution in [0.4, 0.5) is 15.3 Å². The van der Waals surface area contributed by atoms with Crippen molar-refractivity contribution in [1.29, 1.82) is 0 Å². The van der Waals surface area contributed by atoms with E-state index >= 15 is 0 Å². The molecule has 1 aromatic carbocycles. The van der Waals surface area contributed by atoms with E-state index in [1.807, 2.05) is 41.5 Å². The van der Waals surface area contributed by atoms with E-state index in [4.69, 9.17) is 19.9 Å². The van der Waals surface area contributed by atoms with Gasteiger partial charge in [0, 0.05) is 23.4 Å². The number of carbonyl (C=O) groups excluding carboxylic acids is 7. The highest BCUT2D eigenvalue weighted by molar-refractivity contribution is 6.20. The van der Waals surface area contributed by atoms with Gasteiger partial charge in [-0.15, -0.1) is 0 Å². The maximum absolute atomic E-state index is 13.5. The van der Waals surface area contributed by atoms with Gasteiger partial charge in [-0.3, -0.25) is 28.9 Å². The van der Waals surface area contributed by atoms with E-state index in [0.717, 1.165) is 0 Å². The zero-order valence-corrected chi connectivity index (χ0v) is 34.8. The summed E-state index contributed by atoms with van der Waals surface area (Å²) in [5.74, 6) is -2.59. The molecule has 312 valence electrons. The van der Waals surface area contributed by atoms with Crippen molar-refractivity contribution in [2.24, 2.45) is 27.9 Å². The van der Waals surface area contributed by atoms with Gasteiger partial charge in [0.15, 0.2) is 0 Å². The van der Waals surface area contributed by atoms with Crippen LogP contribution in [0.5, 0.6) is 0 Å².